The highest BCUT2D eigenvalue weighted by molar-refractivity contribution is 5.93. The minimum absolute atomic E-state index is 0.129. The summed E-state index contributed by atoms with van der Waals surface area (Å²) < 4.78 is 5.52. The Balaban J connectivity index is 1.61. The Hall–Kier alpha value is -2.40. The van der Waals surface area contributed by atoms with Crippen LogP contribution in [-0.4, -0.2) is 30.1 Å². The van der Waals surface area contributed by atoms with Crippen LogP contribution in [-0.2, 0) is 4.74 Å². The summed E-state index contributed by atoms with van der Waals surface area (Å²) in [6.45, 7) is 5.67. The molecule has 2 heterocycles. The van der Waals surface area contributed by atoms with Gasteiger partial charge in [-0.3, -0.25) is 9.78 Å². The number of hydrogen-bond acceptors (Lipinski definition) is 4. The predicted octanol–water partition coefficient (Wildman–Crippen LogP) is 3.86. The second-order valence-corrected chi connectivity index (χ2v) is 6.68. The van der Waals surface area contributed by atoms with Gasteiger partial charge >= 0.3 is 0 Å². The highest BCUT2D eigenvalue weighted by Crippen LogP contribution is 2.20. The van der Waals surface area contributed by atoms with Gasteiger partial charge in [0.2, 0.25) is 0 Å². The molecule has 5 nitrogen and oxygen atoms in total. The van der Waals surface area contributed by atoms with Crippen LogP contribution >= 0.6 is 0 Å². The number of nitrogens with zero attached hydrogens (tertiary/aromatic N) is 1. The Morgan fingerprint density at radius 1 is 1.24 bits per heavy atom. The summed E-state index contributed by atoms with van der Waals surface area (Å²) in [6, 6.07) is 11.9. The summed E-state index contributed by atoms with van der Waals surface area (Å²) in [4.78, 5) is 16.4. The van der Waals surface area contributed by atoms with Crippen molar-refractivity contribution in [3.05, 3.63) is 53.9 Å². The lowest BCUT2D eigenvalue weighted by molar-refractivity contribution is 0.0854. The van der Waals surface area contributed by atoms with E-state index >= 15 is 0 Å². The number of benzene rings is 1. The molecule has 1 fully saturated rings. The van der Waals surface area contributed by atoms with Gasteiger partial charge in [0.05, 0.1) is 6.10 Å². The molecule has 132 valence electrons. The van der Waals surface area contributed by atoms with Gasteiger partial charge in [0.1, 0.15) is 5.69 Å². The third-order valence-electron chi connectivity index (χ3n) is 4.37. The lowest BCUT2D eigenvalue weighted by Crippen LogP contribution is -2.32. The number of pyridine rings is 1. The molecule has 0 radical (unpaired) electrons. The standard InChI is InChI=1S/C20H25N3O2/c1-14(2)15-5-7-16(8-6-15)23-17-9-10-21-19(12-17)20(24)22-13-18-4-3-11-25-18/h5-10,12,14,18H,3-4,11,13H2,1-2H3,(H,21,23)(H,22,24). The fourth-order valence-electron chi connectivity index (χ4n) is 2.85. The molecule has 2 N–H and O–H groups in total. The molecule has 2 aromatic rings. The molecule has 0 spiro atoms. The predicted molar refractivity (Wildman–Crippen MR) is 99.4 cm³/mol. The summed E-state index contributed by atoms with van der Waals surface area (Å²) in [5.74, 6) is 0.337. The van der Waals surface area contributed by atoms with Crippen molar-refractivity contribution in [2.75, 3.05) is 18.5 Å². The molecule has 5 heteroatoms. The summed E-state index contributed by atoms with van der Waals surface area (Å²) in [5.41, 5.74) is 3.53. The van der Waals surface area contributed by atoms with Crippen LogP contribution < -0.4 is 10.6 Å². The van der Waals surface area contributed by atoms with Crippen LogP contribution in [0.4, 0.5) is 11.4 Å². The Bertz CT molecular complexity index is 707. The number of rotatable bonds is 6. The lowest BCUT2D eigenvalue weighted by Gasteiger charge is -2.12. The van der Waals surface area contributed by atoms with Crippen molar-refractivity contribution in [3.63, 3.8) is 0 Å². The summed E-state index contributed by atoms with van der Waals surface area (Å²) >= 11 is 0. The maximum absolute atomic E-state index is 12.3. The number of carbonyl (C=O) groups excluding carboxylic acids is 1. The molecule has 1 atom stereocenters. The molecule has 1 amide bonds. The first kappa shape index (κ1) is 17.4. The van der Waals surface area contributed by atoms with Crippen molar-refractivity contribution in [2.24, 2.45) is 0 Å². The van der Waals surface area contributed by atoms with Crippen LogP contribution in [0.3, 0.4) is 0 Å². The van der Waals surface area contributed by atoms with E-state index in [1.165, 1.54) is 5.56 Å². The van der Waals surface area contributed by atoms with Gasteiger partial charge in [0, 0.05) is 30.7 Å². The van der Waals surface area contributed by atoms with Crippen LogP contribution in [0.1, 0.15) is 48.7 Å². The molecule has 0 bridgehead atoms. The quantitative estimate of drug-likeness (QED) is 0.839. The third-order valence-corrected chi connectivity index (χ3v) is 4.37. The maximum atomic E-state index is 12.3. The highest BCUT2D eigenvalue weighted by atomic mass is 16.5. The van der Waals surface area contributed by atoms with Crippen molar-refractivity contribution >= 4 is 17.3 Å². The van der Waals surface area contributed by atoms with Crippen LogP contribution in [0.5, 0.6) is 0 Å². The summed E-state index contributed by atoms with van der Waals surface area (Å²) in [6.07, 6.45) is 3.84. The molecule has 1 unspecified atom stereocenters. The van der Waals surface area contributed by atoms with Crippen molar-refractivity contribution in [1.82, 2.24) is 10.3 Å². The monoisotopic (exact) mass is 339 g/mol. The van der Waals surface area contributed by atoms with Gasteiger partial charge < -0.3 is 15.4 Å². The van der Waals surface area contributed by atoms with E-state index in [4.69, 9.17) is 4.74 Å². The number of hydrogen-bond donors (Lipinski definition) is 2. The van der Waals surface area contributed by atoms with Gasteiger partial charge in [-0.15, -0.1) is 0 Å². The van der Waals surface area contributed by atoms with E-state index in [2.05, 4.69) is 41.6 Å². The zero-order valence-electron chi connectivity index (χ0n) is 14.8. The minimum atomic E-state index is -0.172. The number of anilines is 2. The lowest BCUT2D eigenvalue weighted by atomic mass is 10.0. The number of nitrogens with one attached hydrogen (secondary N) is 2. The number of aromatic nitrogens is 1. The Labute approximate surface area is 148 Å². The van der Waals surface area contributed by atoms with E-state index in [1.54, 1.807) is 12.3 Å². The Kier molecular flexibility index (Phi) is 5.66. The molecule has 25 heavy (non-hydrogen) atoms. The molecular weight excluding hydrogens is 314 g/mol. The Morgan fingerprint density at radius 3 is 2.72 bits per heavy atom. The van der Waals surface area contributed by atoms with Crippen molar-refractivity contribution < 1.29 is 9.53 Å². The first-order valence-corrected chi connectivity index (χ1v) is 8.84. The van der Waals surface area contributed by atoms with Crippen molar-refractivity contribution in [2.45, 2.75) is 38.7 Å². The molecule has 1 aromatic carbocycles. The van der Waals surface area contributed by atoms with E-state index in [0.29, 0.717) is 18.2 Å². The second kappa shape index (κ2) is 8.12. The summed E-state index contributed by atoms with van der Waals surface area (Å²) in [5, 5.41) is 6.22. The topological polar surface area (TPSA) is 63.2 Å². The van der Waals surface area contributed by atoms with Crippen LogP contribution in [0.2, 0.25) is 0 Å². The molecule has 0 aliphatic carbocycles. The first-order chi connectivity index (χ1) is 12.1. The largest absolute Gasteiger partial charge is 0.376 e. The van der Waals surface area contributed by atoms with Crippen molar-refractivity contribution in [1.29, 1.82) is 0 Å². The van der Waals surface area contributed by atoms with Gasteiger partial charge in [0.25, 0.3) is 5.91 Å². The zero-order valence-corrected chi connectivity index (χ0v) is 14.8. The molecule has 3 rings (SSSR count). The maximum Gasteiger partial charge on any atom is 0.270 e. The first-order valence-electron chi connectivity index (χ1n) is 8.84. The van der Waals surface area contributed by atoms with E-state index < -0.39 is 0 Å². The van der Waals surface area contributed by atoms with Gasteiger partial charge in [-0.05, 0) is 48.6 Å². The van der Waals surface area contributed by atoms with E-state index in [0.717, 1.165) is 30.8 Å². The Morgan fingerprint density at radius 2 is 2.04 bits per heavy atom. The fourth-order valence-corrected chi connectivity index (χ4v) is 2.85. The minimum Gasteiger partial charge on any atom is -0.376 e. The van der Waals surface area contributed by atoms with E-state index in [9.17, 15) is 4.79 Å². The number of amides is 1. The molecular formula is C20H25N3O2. The molecule has 1 aromatic heterocycles. The van der Waals surface area contributed by atoms with E-state index in [1.807, 2.05) is 18.2 Å². The zero-order chi connectivity index (χ0) is 17.6. The normalized spacial score (nSPS) is 16.8. The van der Waals surface area contributed by atoms with Crippen molar-refractivity contribution in [3.8, 4) is 0 Å². The molecule has 1 aliphatic heterocycles. The number of ether oxygens (including phenoxy) is 1. The SMILES string of the molecule is CC(C)c1ccc(Nc2ccnc(C(=O)NCC3CCCO3)c2)cc1. The third kappa shape index (κ3) is 4.79. The molecule has 1 aliphatic rings. The molecule has 0 saturated carbocycles. The highest BCUT2D eigenvalue weighted by Gasteiger charge is 2.17. The fraction of sp³-hybridized carbons (Fsp3) is 0.400. The van der Waals surface area contributed by atoms with Gasteiger partial charge in [-0.25, -0.2) is 0 Å². The summed E-state index contributed by atoms with van der Waals surface area (Å²) in [7, 11) is 0. The van der Waals surface area contributed by atoms with Gasteiger partial charge in [-0.1, -0.05) is 26.0 Å². The second-order valence-electron chi connectivity index (χ2n) is 6.68. The van der Waals surface area contributed by atoms with Gasteiger partial charge in [0.15, 0.2) is 0 Å². The van der Waals surface area contributed by atoms with Crippen LogP contribution in [0.25, 0.3) is 0 Å². The van der Waals surface area contributed by atoms with E-state index in [-0.39, 0.29) is 12.0 Å². The average Bonchev–Trinajstić information content (AvgIpc) is 3.14. The van der Waals surface area contributed by atoms with Crippen LogP contribution in [0, 0.1) is 0 Å². The van der Waals surface area contributed by atoms with Crippen LogP contribution in [0.15, 0.2) is 42.6 Å². The smallest absolute Gasteiger partial charge is 0.270 e. The molecule has 1 saturated heterocycles. The van der Waals surface area contributed by atoms with Gasteiger partial charge in [-0.2, -0.15) is 0 Å². The average molecular weight is 339 g/mol. The number of carbonyl (C=O) groups is 1.